The highest BCUT2D eigenvalue weighted by Crippen LogP contribution is 2.23. The lowest BCUT2D eigenvalue weighted by Crippen LogP contribution is -2.22. The van der Waals surface area contributed by atoms with E-state index in [1.165, 1.54) is 6.07 Å². The molecule has 0 amide bonds. The summed E-state index contributed by atoms with van der Waals surface area (Å²) in [5.74, 6) is -3.74. The van der Waals surface area contributed by atoms with Crippen LogP contribution in [0.2, 0.25) is 0 Å². The normalized spacial score (nSPS) is 13.7. The van der Waals surface area contributed by atoms with Gasteiger partial charge in [0.05, 0.1) is 12.5 Å². The molecule has 0 saturated heterocycles. The van der Waals surface area contributed by atoms with E-state index in [0.717, 1.165) is 0 Å². The lowest BCUT2D eigenvalue weighted by Gasteiger charge is -2.16. The molecule has 0 aliphatic rings. The molecular weight excluding hydrogens is 248 g/mol. The van der Waals surface area contributed by atoms with Gasteiger partial charge in [0, 0.05) is 0 Å². The summed E-state index contributed by atoms with van der Waals surface area (Å²) in [6, 6.07) is 2.66. The summed E-state index contributed by atoms with van der Waals surface area (Å²) in [6.07, 6.45) is -4.23. The zero-order chi connectivity index (χ0) is 13.9. The molecule has 7 heteroatoms. The molecule has 0 spiro atoms. The number of hydrogen-bond acceptors (Lipinski definition) is 4. The fraction of sp³-hybridized carbons (Fsp3) is 0.273. The van der Waals surface area contributed by atoms with E-state index in [1.54, 1.807) is 0 Å². The van der Waals surface area contributed by atoms with E-state index in [4.69, 9.17) is 10.4 Å². The average Bonchev–Trinajstić information content (AvgIpc) is 2.26. The molecule has 5 nitrogen and oxygen atoms in total. The minimum absolute atomic E-state index is 0.335. The van der Waals surface area contributed by atoms with Crippen LogP contribution in [0.5, 0.6) is 0 Å². The smallest absolute Gasteiger partial charge is 0.306 e. The Hall–Kier alpha value is -2.04. The van der Waals surface area contributed by atoms with Crippen molar-refractivity contribution in [2.75, 3.05) is 0 Å². The van der Waals surface area contributed by atoms with Crippen molar-refractivity contribution >= 4 is 5.97 Å². The third-order valence-corrected chi connectivity index (χ3v) is 2.27. The largest absolute Gasteiger partial charge is 0.481 e. The maximum Gasteiger partial charge on any atom is 0.306 e. The maximum atomic E-state index is 13.2. The lowest BCUT2D eigenvalue weighted by atomic mass is 10.0. The van der Waals surface area contributed by atoms with Gasteiger partial charge in [0.15, 0.2) is 0 Å². The van der Waals surface area contributed by atoms with E-state index in [0.29, 0.717) is 12.1 Å². The standard InChI is InChI=1S/C11H9F2NO4/c12-7-1-5(2-8(13)6(7)4-14)11(18)9(15)3-10(16)17/h1-2,9,11,15,18H,3H2,(H,16,17). The van der Waals surface area contributed by atoms with Crippen molar-refractivity contribution in [3.8, 4) is 6.07 Å². The van der Waals surface area contributed by atoms with Crippen LogP contribution in [-0.4, -0.2) is 27.4 Å². The highest BCUT2D eigenvalue weighted by atomic mass is 19.1. The maximum absolute atomic E-state index is 13.2. The number of benzene rings is 1. The summed E-state index contributed by atoms with van der Waals surface area (Å²) < 4.78 is 26.5. The number of carboxylic acids is 1. The molecule has 1 rings (SSSR count). The molecule has 0 bridgehead atoms. The topological polar surface area (TPSA) is 102 Å². The van der Waals surface area contributed by atoms with Gasteiger partial charge in [-0.3, -0.25) is 4.79 Å². The molecule has 96 valence electrons. The van der Waals surface area contributed by atoms with E-state index in [-0.39, 0.29) is 5.56 Å². The Bertz CT molecular complexity index is 489. The van der Waals surface area contributed by atoms with E-state index >= 15 is 0 Å². The van der Waals surface area contributed by atoms with Crippen LogP contribution in [-0.2, 0) is 4.79 Å². The number of halogens is 2. The Labute approximate surface area is 101 Å². The van der Waals surface area contributed by atoms with Crippen LogP contribution in [0.25, 0.3) is 0 Å². The summed E-state index contributed by atoms with van der Waals surface area (Å²) in [5, 5.41) is 35.7. The predicted octanol–water partition coefficient (Wildman–Crippen LogP) is 0.705. The molecule has 0 radical (unpaired) electrons. The van der Waals surface area contributed by atoms with Gasteiger partial charge in [-0.25, -0.2) is 8.78 Å². The second-order valence-corrected chi connectivity index (χ2v) is 3.58. The number of hydrogen-bond donors (Lipinski definition) is 3. The minimum Gasteiger partial charge on any atom is -0.481 e. The monoisotopic (exact) mass is 257 g/mol. The number of nitriles is 1. The van der Waals surface area contributed by atoms with E-state index < -0.39 is 41.8 Å². The van der Waals surface area contributed by atoms with Crippen molar-refractivity contribution < 1.29 is 28.9 Å². The van der Waals surface area contributed by atoms with Gasteiger partial charge in [-0.15, -0.1) is 0 Å². The van der Waals surface area contributed by atoms with Crippen LogP contribution in [0, 0.1) is 23.0 Å². The van der Waals surface area contributed by atoms with Gasteiger partial charge in [0.1, 0.15) is 29.4 Å². The summed E-state index contributed by atoms with van der Waals surface area (Å²) in [7, 11) is 0. The lowest BCUT2D eigenvalue weighted by molar-refractivity contribution is -0.141. The third-order valence-electron chi connectivity index (χ3n) is 2.27. The summed E-state index contributed by atoms with van der Waals surface area (Å²) in [5.41, 5.74) is -1.14. The number of aliphatic hydroxyl groups is 2. The van der Waals surface area contributed by atoms with Crippen molar-refractivity contribution in [1.82, 2.24) is 0 Å². The third kappa shape index (κ3) is 3.00. The Balaban J connectivity index is 3.04. The summed E-state index contributed by atoms with van der Waals surface area (Å²) in [4.78, 5) is 10.3. The Morgan fingerprint density at radius 2 is 1.83 bits per heavy atom. The minimum atomic E-state index is -1.75. The van der Waals surface area contributed by atoms with Crippen LogP contribution >= 0.6 is 0 Å². The first-order valence-corrected chi connectivity index (χ1v) is 4.83. The van der Waals surface area contributed by atoms with Gasteiger partial charge < -0.3 is 15.3 Å². The van der Waals surface area contributed by atoms with Crippen molar-refractivity contribution in [1.29, 1.82) is 5.26 Å². The zero-order valence-electron chi connectivity index (χ0n) is 8.97. The molecule has 0 fully saturated rings. The highest BCUT2D eigenvalue weighted by Gasteiger charge is 2.23. The van der Waals surface area contributed by atoms with Gasteiger partial charge in [0.2, 0.25) is 0 Å². The number of aliphatic carboxylic acids is 1. The van der Waals surface area contributed by atoms with E-state index in [2.05, 4.69) is 0 Å². The number of carboxylic acid groups (broad SMARTS) is 1. The molecule has 1 aromatic carbocycles. The number of aliphatic hydroxyl groups excluding tert-OH is 2. The molecule has 2 atom stereocenters. The number of carbonyl (C=O) groups is 1. The molecule has 0 aliphatic carbocycles. The number of nitrogens with zero attached hydrogens (tertiary/aromatic N) is 1. The van der Waals surface area contributed by atoms with E-state index in [1.807, 2.05) is 0 Å². The molecule has 0 saturated carbocycles. The SMILES string of the molecule is N#Cc1c(F)cc(C(O)C(O)CC(=O)O)cc1F. The van der Waals surface area contributed by atoms with Gasteiger partial charge in [-0.1, -0.05) is 0 Å². The van der Waals surface area contributed by atoms with Crippen molar-refractivity contribution in [3.05, 3.63) is 34.9 Å². The quantitative estimate of drug-likeness (QED) is 0.737. The summed E-state index contributed by atoms with van der Waals surface area (Å²) in [6.45, 7) is 0. The van der Waals surface area contributed by atoms with Crippen molar-refractivity contribution in [2.24, 2.45) is 0 Å². The summed E-state index contributed by atoms with van der Waals surface area (Å²) >= 11 is 0. The van der Waals surface area contributed by atoms with Crippen LogP contribution < -0.4 is 0 Å². The van der Waals surface area contributed by atoms with Gasteiger partial charge in [-0.05, 0) is 17.7 Å². The molecule has 18 heavy (non-hydrogen) atoms. The molecular formula is C11H9F2NO4. The molecule has 0 aromatic heterocycles. The van der Waals surface area contributed by atoms with E-state index in [9.17, 15) is 23.8 Å². The molecule has 3 N–H and O–H groups in total. The Morgan fingerprint density at radius 1 is 1.33 bits per heavy atom. The second kappa shape index (κ2) is 5.53. The van der Waals surface area contributed by atoms with Crippen LogP contribution in [0.4, 0.5) is 8.78 Å². The van der Waals surface area contributed by atoms with Crippen molar-refractivity contribution in [2.45, 2.75) is 18.6 Å². The fourth-order valence-electron chi connectivity index (χ4n) is 1.38. The van der Waals surface area contributed by atoms with Gasteiger partial charge >= 0.3 is 5.97 Å². The van der Waals surface area contributed by atoms with Gasteiger partial charge in [-0.2, -0.15) is 5.26 Å². The predicted molar refractivity (Wildman–Crippen MR) is 54.3 cm³/mol. The first kappa shape index (κ1) is 14.0. The first-order valence-electron chi connectivity index (χ1n) is 4.83. The first-order chi connectivity index (χ1) is 8.36. The molecule has 0 aliphatic heterocycles. The zero-order valence-corrected chi connectivity index (χ0v) is 8.97. The van der Waals surface area contributed by atoms with Crippen LogP contribution in [0.1, 0.15) is 23.7 Å². The van der Waals surface area contributed by atoms with Crippen molar-refractivity contribution in [3.63, 3.8) is 0 Å². The average molecular weight is 257 g/mol. The molecule has 0 heterocycles. The van der Waals surface area contributed by atoms with Crippen LogP contribution in [0.3, 0.4) is 0 Å². The van der Waals surface area contributed by atoms with Crippen LogP contribution in [0.15, 0.2) is 12.1 Å². The van der Waals surface area contributed by atoms with Gasteiger partial charge in [0.25, 0.3) is 0 Å². The molecule has 1 aromatic rings. The fourth-order valence-corrected chi connectivity index (χ4v) is 1.38. The second-order valence-electron chi connectivity index (χ2n) is 3.58. The highest BCUT2D eigenvalue weighted by molar-refractivity contribution is 5.67. The molecule has 2 unspecified atom stereocenters. The number of rotatable bonds is 4. The Morgan fingerprint density at radius 3 is 2.22 bits per heavy atom. The Kier molecular flexibility index (Phi) is 4.31.